The molecule has 0 N–H and O–H groups in total. The molecule has 2 aliphatic rings. The fraction of sp³-hybridized carbons (Fsp3) is 0.480. The highest BCUT2D eigenvalue weighted by molar-refractivity contribution is 5.67. The number of hydrogen-bond donors (Lipinski definition) is 0. The molecular weight excluding hydrogens is 376 g/mol. The number of carbonyl (C=O) groups excluding carboxylic acids is 1. The maximum atomic E-state index is 12.0. The van der Waals surface area contributed by atoms with Crippen molar-refractivity contribution in [1.82, 2.24) is 9.80 Å². The summed E-state index contributed by atoms with van der Waals surface area (Å²) in [5.74, 6) is 2.59. The highest BCUT2D eigenvalue weighted by atomic mass is 16.6. The Labute approximate surface area is 179 Å². The number of amides is 1. The lowest BCUT2D eigenvalue weighted by molar-refractivity contribution is 0.100. The maximum absolute atomic E-state index is 12.0. The third kappa shape index (κ3) is 4.31. The van der Waals surface area contributed by atoms with Gasteiger partial charge in [0.1, 0.15) is 11.5 Å². The fourth-order valence-corrected chi connectivity index (χ4v) is 4.71. The Hall–Kier alpha value is -2.53. The van der Waals surface area contributed by atoms with E-state index < -0.39 is 0 Å². The number of rotatable bonds is 6. The van der Waals surface area contributed by atoms with Crippen LogP contribution in [0.1, 0.15) is 50.3 Å². The first kappa shape index (κ1) is 20.7. The Morgan fingerprint density at radius 2 is 1.63 bits per heavy atom. The topological polar surface area (TPSA) is 42.0 Å². The minimum absolute atomic E-state index is 0.187. The Balaban J connectivity index is 1.41. The molecule has 0 radical (unpaired) electrons. The molecule has 0 atom stereocenters. The van der Waals surface area contributed by atoms with Crippen molar-refractivity contribution in [2.45, 2.75) is 39.2 Å². The first-order valence-corrected chi connectivity index (χ1v) is 11.2. The van der Waals surface area contributed by atoms with Gasteiger partial charge in [-0.2, -0.15) is 0 Å². The first-order chi connectivity index (χ1) is 14.7. The molecule has 5 nitrogen and oxygen atoms in total. The van der Waals surface area contributed by atoms with Gasteiger partial charge in [-0.05, 0) is 64.3 Å². The van der Waals surface area contributed by atoms with Crippen molar-refractivity contribution in [3.05, 3.63) is 59.7 Å². The molecule has 0 aromatic heterocycles. The van der Waals surface area contributed by atoms with Gasteiger partial charge in [-0.15, -0.1) is 0 Å². The predicted octanol–water partition coefficient (Wildman–Crippen LogP) is 5.46. The normalized spacial score (nSPS) is 17.0. The van der Waals surface area contributed by atoms with Crippen LogP contribution in [-0.2, 0) is 4.74 Å². The van der Waals surface area contributed by atoms with Crippen molar-refractivity contribution in [2.75, 3.05) is 32.8 Å². The molecule has 4 rings (SSSR count). The average molecular weight is 409 g/mol. The summed E-state index contributed by atoms with van der Waals surface area (Å²) in [6, 6.07) is 17.1. The molecule has 0 spiro atoms. The van der Waals surface area contributed by atoms with Crippen LogP contribution in [0.15, 0.2) is 48.5 Å². The lowest BCUT2D eigenvalue weighted by atomic mass is 9.88. The van der Waals surface area contributed by atoms with Gasteiger partial charge in [-0.3, -0.25) is 4.90 Å². The smallest absolute Gasteiger partial charge is 0.409 e. The lowest BCUT2D eigenvalue weighted by Gasteiger charge is -2.41. The molecule has 1 fully saturated rings. The molecule has 160 valence electrons. The van der Waals surface area contributed by atoms with Crippen LogP contribution >= 0.6 is 0 Å². The van der Waals surface area contributed by atoms with Crippen LogP contribution in [0, 0.1) is 5.92 Å². The molecule has 5 heteroatoms. The van der Waals surface area contributed by atoms with E-state index in [0.29, 0.717) is 19.1 Å². The van der Waals surface area contributed by atoms with Gasteiger partial charge in [0, 0.05) is 24.2 Å². The van der Waals surface area contributed by atoms with Gasteiger partial charge in [-0.25, -0.2) is 4.79 Å². The van der Waals surface area contributed by atoms with Crippen LogP contribution in [0.25, 0.3) is 0 Å². The van der Waals surface area contributed by atoms with E-state index in [1.54, 1.807) is 0 Å². The second-order valence-electron chi connectivity index (χ2n) is 8.13. The van der Waals surface area contributed by atoms with Gasteiger partial charge >= 0.3 is 6.09 Å². The molecule has 2 aromatic carbocycles. The summed E-state index contributed by atoms with van der Waals surface area (Å²) in [7, 11) is 0. The minimum atomic E-state index is -0.187. The molecule has 0 saturated carbocycles. The third-order valence-corrected chi connectivity index (χ3v) is 6.38. The fourth-order valence-electron chi connectivity index (χ4n) is 4.71. The van der Waals surface area contributed by atoms with Gasteiger partial charge in [0.15, 0.2) is 0 Å². The summed E-state index contributed by atoms with van der Waals surface area (Å²) in [6.07, 6.45) is 3.17. The van der Waals surface area contributed by atoms with Crippen LogP contribution in [-0.4, -0.2) is 48.7 Å². The van der Waals surface area contributed by atoms with E-state index >= 15 is 0 Å². The largest absolute Gasteiger partial charge is 0.457 e. The molecule has 0 unspecified atom stereocenters. The van der Waals surface area contributed by atoms with Gasteiger partial charge in [0.2, 0.25) is 0 Å². The van der Waals surface area contributed by atoms with Crippen LogP contribution in [0.2, 0.25) is 0 Å². The number of ether oxygens (including phenoxy) is 2. The zero-order chi connectivity index (χ0) is 20.9. The lowest BCUT2D eigenvalue weighted by Crippen LogP contribution is -2.39. The van der Waals surface area contributed by atoms with Crippen LogP contribution < -0.4 is 4.74 Å². The van der Waals surface area contributed by atoms with E-state index in [2.05, 4.69) is 41.3 Å². The van der Waals surface area contributed by atoms with Crippen molar-refractivity contribution in [2.24, 2.45) is 5.92 Å². The standard InChI is InChI=1S/C25H32N2O3/c1-3-26(25(28)29-4-2)16-13-19-14-17-27(18-15-19)24-20-9-5-7-11-22(20)30-23-12-8-6-10-21(23)24/h5-12,19,24H,3-4,13-18H2,1-2H3. The molecule has 1 saturated heterocycles. The number of fused-ring (bicyclic) bond motifs is 2. The van der Waals surface area contributed by atoms with Gasteiger partial charge < -0.3 is 14.4 Å². The van der Waals surface area contributed by atoms with E-state index in [0.717, 1.165) is 50.4 Å². The van der Waals surface area contributed by atoms with Crippen molar-refractivity contribution in [1.29, 1.82) is 0 Å². The van der Waals surface area contributed by atoms with E-state index in [4.69, 9.17) is 9.47 Å². The number of nitrogens with zero attached hydrogens (tertiary/aromatic N) is 2. The molecule has 2 aliphatic heterocycles. The van der Waals surface area contributed by atoms with Crippen molar-refractivity contribution < 1.29 is 14.3 Å². The Bertz CT molecular complexity index is 815. The molecular formula is C25H32N2O3. The second-order valence-corrected chi connectivity index (χ2v) is 8.13. The van der Waals surface area contributed by atoms with E-state index in [9.17, 15) is 4.79 Å². The van der Waals surface area contributed by atoms with Crippen molar-refractivity contribution in [3.63, 3.8) is 0 Å². The number of piperidine rings is 1. The molecule has 0 bridgehead atoms. The van der Waals surface area contributed by atoms with Crippen molar-refractivity contribution >= 4 is 6.09 Å². The Morgan fingerprint density at radius 3 is 2.20 bits per heavy atom. The van der Waals surface area contributed by atoms with E-state index in [-0.39, 0.29) is 12.1 Å². The second kappa shape index (κ2) is 9.52. The zero-order valence-corrected chi connectivity index (χ0v) is 18.0. The first-order valence-electron chi connectivity index (χ1n) is 11.2. The number of benzene rings is 2. The molecule has 2 aromatic rings. The highest BCUT2D eigenvalue weighted by Crippen LogP contribution is 2.46. The molecule has 1 amide bonds. The van der Waals surface area contributed by atoms with Crippen LogP contribution in [0.4, 0.5) is 4.79 Å². The summed E-state index contributed by atoms with van der Waals surface area (Å²) >= 11 is 0. The Morgan fingerprint density at radius 1 is 1.03 bits per heavy atom. The summed E-state index contributed by atoms with van der Waals surface area (Å²) in [5, 5.41) is 0. The summed E-state index contributed by atoms with van der Waals surface area (Å²) in [6.45, 7) is 7.90. The zero-order valence-electron chi connectivity index (χ0n) is 18.0. The quantitative estimate of drug-likeness (QED) is 0.636. The van der Waals surface area contributed by atoms with Crippen LogP contribution in [0.3, 0.4) is 0 Å². The summed E-state index contributed by atoms with van der Waals surface area (Å²) < 4.78 is 11.3. The number of likely N-dealkylation sites (tertiary alicyclic amines) is 1. The van der Waals surface area contributed by atoms with Gasteiger partial charge in [-0.1, -0.05) is 36.4 Å². The monoisotopic (exact) mass is 408 g/mol. The van der Waals surface area contributed by atoms with Crippen LogP contribution in [0.5, 0.6) is 11.5 Å². The summed E-state index contributed by atoms with van der Waals surface area (Å²) in [5.41, 5.74) is 2.52. The minimum Gasteiger partial charge on any atom is -0.457 e. The molecule has 2 heterocycles. The number of para-hydroxylation sites is 2. The van der Waals surface area contributed by atoms with E-state index in [1.165, 1.54) is 11.1 Å². The van der Waals surface area contributed by atoms with Crippen molar-refractivity contribution in [3.8, 4) is 11.5 Å². The Kier molecular flexibility index (Phi) is 6.58. The van der Waals surface area contributed by atoms with Gasteiger partial charge in [0.05, 0.1) is 12.6 Å². The third-order valence-electron chi connectivity index (χ3n) is 6.38. The maximum Gasteiger partial charge on any atom is 0.409 e. The SMILES string of the molecule is CCOC(=O)N(CC)CCC1CCN(C2c3ccccc3Oc3ccccc32)CC1. The number of carbonyl (C=O) groups is 1. The average Bonchev–Trinajstić information content (AvgIpc) is 2.78. The van der Waals surface area contributed by atoms with Gasteiger partial charge in [0.25, 0.3) is 0 Å². The molecule has 0 aliphatic carbocycles. The molecule has 30 heavy (non-hydrogen) atoms. The highest BCUT2D eigenvalue weighted by Gasteiger charge is 2.33. The van der Waals surface area contributed by atoms with E-state index in [1.807, 2.05) is 30.9 Å². The summed E-state index contributed by atoms with van der Waals surface area (Å²) in [4.78, 5) is 16.4. The number of hydrogen-bond acceptors (Lipinski definition) is 4. The predicted molar refractivity (Wildman–Crippen MR) is 118 cm³/mol.